The van der Waals surface area contributed by atoms with E-state index in [1.807, 2.05) is 4.90 Å². The van der Waals surface area contributed by atoms with Gasteiger partial charge in [-0.05, 0) is 18.2 Å². The highest BCUT2D eigenvalue weighted by Gasteiger charge is 2.25. The molecule has 4 rings (SSSR count). The van der Waals surface area contributed by atoms with Gasteiger partial charge in [0.15, 0.2) is 11.2 Å². The molecule has 27 heavy (non-hydrogen) atoms. The lowest BCUT2D eigenvalue weighted by molar-refractivity contribution is 0.0714. The lowest BCUT2D eigenvalue weighted by Gasteiger charge is -2.34. The number of anilines is 1. The number of fused-ring (bicyclic) bond motifs is 1. The summed E-state index contributed by atoms with van der Waals surface area (Å²) in [5.74, 6) is 0.941. The first kappa shape index (κ1) is 17.0. The van der Waals surface area contributed by atoms with E-state index in [1.165, 1.54) is 13.2 Å². The Kier molecular flexibility index (Phi) is 4.45. The van der Waals surface area contributed by atoms with Gasteiger partial charge in [0.1, 0.15) is 11.3 Å². The predicted molar refractivity (Wildman–Crippen MR) is 99.2 cm³/mol. The normalized spacial score (nSPS) is 14.4. The predicted octanol–water partition coefficient (Wildman–Crippen LogP) is 1.55. The molecule has 3 aromatic rings. The van der Waals surface area contributed by atoms with Crippen LogP contribution in [0.2, 0.25) is 0 Å². The number of carbonyl (C=O) groups is 1. The zero-order valence-electron chi connectivity index (χ0n) is 14.8. The lowest BCUT2D eigenvalue weighted by Crippen LogP contribution is -2.49. The van der Waals surface area contributed by atoms with E-state index >= 15 is 0 Å². The van der Waals surface area contributed by atoms with Crippen LogP contribution in [-0.2, 0) is 0 Å². The summed E-state index contributed by atoms with van der Waals surface area (Å²) in [7, 11) is 1.53. The molecule has 138 valence electrons. The second-order valence-electron chi connectivity index (χ2n) is 6.17. The van der Waals surface area contributed by atoms with Crippen LogP contribution in [0, 0.1) is 0 Å². The summed E-state index contributed by atoms with van der Waals surface area (Å²) < 4.78 is 10.9. The number of rotatable bonds is 3. The fourth-order valence-electron chi connectivity index (χ4n) is 3.09. The largest absolute Gasteiger partial charge is 0.497 e. The van der Waals surface area contributed by atoms with Gasteiger partial charge in [-0.3, -0.25) is 9.59 Å². The van der Waals surface area contributed by atoms with Crippen LogP contribution in [0.15, 0.2) is 51.9 Å². The van der Waals surface area contributed by atoms with Crippen molar-refractivity contribution in [2.24, 2.45) is 0 Å². The Morgan fingerprint density at radius 3 is 2.56 bits per heavy atom. The number of ether oxygens (including phenoxy) is 1. The number of piperazine rings is 1. The van der Waals surface area contributed by atoms with Crippen molar-refractivity contribution < 1.29 is 13.9 Å². The van der Waals surface area contributed by atoms with E-state index in [1.54, 1.807) is 41.6 Å². The topological polar surface area (TPSA) is 88.8 Å². The van der Waals surface area contributed by atoms with Gasteiger partial charge in [-0.1, -0.05) is 0 Å². The lowest BCUT2D eigenvalue weighted by atomic mass is 10.2. The summed E-state index contributed by atoms with van der Waals surface area (Å²) in [6.45, 7) is 2.22. The van der Waals surface area contributed by atoms with Crippen molar-refractivity contribution in [3.8, 4) is 5.75 Å². The number of benzene rings is 1. The van der Waals surface area contributed by atoms with Crippen LogP contribution in [0.1, 0.15) is 10.6 Å². The molecule has 3 heterocycles. The molecule has 1 aromatic carbocycles. The fourth-order valence-corrected chi connectivity index (χ4v) is 3.09. The number of hydrogen-bond donors (Lipinski definition) is 0. The summed E-state index contributed by atoms with van der Waals surface area (Å²) in [4.78, 5) is 37.3. The van der Waals surface area contributed by atoms with E-state index in [9.17, 15) is 9.59 Å². The molecule has 0 spiro atoms. The van der Waals surface area contributed by atoms with Gasteiger partial charge in [0, 0.05) is 50.7 Å². The Morgan fingerprint density at radius 1 is 1.11 bits per heavy atom. The highest BCUT2D eigenvalue weighted by Crippen LogP contribution is 2.20. The van der Waals surface area contributed by atoms with E-state index in [-0.39, 0.29) is 17.1 Å². The number of carbonyl (C=O) groups excluding carboxylic acids is 1. The zero-order valence-corrected chi connectivity index (χ0v) is 14.8. The summed E-state index contributed by atoms with van der Waals surface area (Å²) >= 11 is 0. The van der Waals surface area contributed by atoms with Crippen molar-refractivity contribution in [2.75, 3.05) is 38.2 Å². The minimum atomic E-state index is -0.301. The molecule has 0 saturated carbocycles. The monoisotopic (exact) mass is 366 g/mol. The van der Waals surface area contributed by atoms with E-state index in [0.29, 0.717) is 48.8 Å². The smallest absolute Gasteiger partial charge is 0.289 e. The van der Waals surface area contributed by atoms with Crippen LogP contribution in [0.25, 0.3) is 11.0 Å². The van der Waals surface area contributed by atoms with Gasteiger partial charge in [-0.25, -0.2) is 9.97 Å². The Balaban J connectivity index is 1.54. The maximum Gasteiger partial charge on any atom is 0.289 e. The number of hydrogen-bond acceptors (Lipinski definition) is 7. The third-order valence-corrected chi connectivity index (χ3v) is 4.55. The molecule has 8 heteroatoms. The molecule has 2 aromatic heterocycles. The van der Waals surface area contributed by atoms with Crippen LogP contribution < -0.4 is 15.1 Å². The molecule has 8 nitrogen and oxygen atoms in total. The van der Waals surface area contributed by atoms with Gasteiger partial charge in [0.05, 0.1) is 12.5 Å². The standard InChI is InChI=1S/C19H18N4O4/c1-26-13-3-4-14-15(24)12-17(27-16(14)11-13)18(25)22-7-9-23(10-8-22)19-20-5-2-6-21-19/h2-6,11-12H,7-10H2,1H3. The molecule has 1 aliphatic heterocycles. The van der Waals surface area contributed by atoms with Gasteiger partial charge in [0.25, 0.3) is 5.91 Å². The molecule has 1 amide bonds. The van der Waals surface area contributed by atoms with Crippen LogP contribution in [0.5, 0.6) is 5.75 Å². The minimum absolute atomic E-state index is 0.0326. The van der Waals surface area contributed by atoms with Crippen LogP contribution in [-0.4, -0.2) is 54.1 Å². The molecule has 1 fully saturated rings. The van der Waals surface area contributed by atoms with Crippen molar-refractivity contribution in [1.29, 1.82) is 0 Å². The zero-order chi connectivity index (χ0) is 18.8. The first-order chi connectivity index (χ1) is 13.2. The van der Waals surface area contributed by atoms with Gasteiger partial charge >= 0.3 is 0 Å². The molecule has 0 unspecified atom stereocenters. The van der Waals surface area contributed by atoms with Gasteiger partial charge in [0.2, 0.25) is 5.95 Å². The van der Waals surface area contributed by atoms with Crippen molar-refractivity contribution in [2.45, 2.75) is 0 Å². The van der Waals surface area contributed by atoms with Crippen LogP contribution >= 0.6 is 0 Å². The quantitative estimate of drug-likeness (QED) is 0.695. The van der Waals surface area contributed by atoms with Gasteiger partial charge in [-0.15, -0.1) is 0 Å². The summed E-state index contributed by atoms with van der Waals surface area (Å²) in [6.07, 6.45) is 3.38. The molecule has 1 saturated heterocycles. The number of aromatic nitrogens is 2. The second kappa shape index (κ2) is 7.06. The SMILES string of the molecule is COc1ccc2c(=O)cc(C(=O)N3CCN(c4ncccn4)CC3)oc2c1. The van der Waals surface area contributed by atoms with Crippen molar-refractivity contribution >= 4 is 22.8 Å². The summed E-state index contributed by atoms with van der Waals surface area (Å²) in [5.41, 5.74) is 0.0834. The van der Waals surface area contributed by atoms with Crippen LogP contribution in [0.4, 0.5) is 5.95 Å². The average Bonchev–Trinajstić information content (AvgIpc) is 2.73. The summed E-state index contributed by atoms with van der Waals surface area (Å²) in [6, 6.07) is 7.94. The number of amides is 1. The van der Waals surface area contributed by atoms with Crippen molar-refractivity contribution in [1.82, 2.24) is 14.9 Å². The van der Waals surface area contributed by atoms with E-state index in [0.717, 1.165) is 0 Å². The average molecular weight is 366 g/mol. The molecular weight excluding hydrogens is 348 g/mol. The number of nitrogens with zero attached hydrogens (tertiary/aromatic N) is 4. The van der Waals surface area contributed by atoms with Gasteiger partial charge < -0.3 is 19.0 Å². The fraction of sp³-hybridized carbons (Fsp3) is 0.263. The van der Waals surface area contributed by atoms with E-state index in [4.69, 9.17) is 9.15 Å². The maximum absolute atomic E-state index is 12.8. The van der Waals surface area contributed by atoms with Crippen molar-refractivity contribution in [3.63, 3.8) is 0 Å². The molecule has 0 bridgehead atoms. The number of methoxy groups -OCH3 is 1. The summed E-state index contributed by atoms with van der Waals surface area (Å²) in [5, 5.41) is 0.415. The highest BCUT2D eigenvalue weighted by atomic mass is 16.5. The first-order valence-corrected chi connectivity index (χ1v) is 8.59. The second-order valence-corrected chi connectivity index (χ2v) is 6.17. The van der Waals surface area contributed by atoms with E-state index < -0.39 is 0 Å². The molecular formula is C19H18N4O4. The van der Waals surface area contributed by atoms with Gasteiger partial charge in [-0.2, -0.15) is 0 Å². The molecule has 1 aliphatic rings. The molecule has 0 N–H and O–H groups in total. The Labute approximate surface area is 155 Å². The van der Waals surface area contributed by atoms with Crippen LogP contribution in [0.3, 0.4) is 0 Å². The molecule has 0 atom stereocenters. The molecule has 0 radical (unpaired) electrons. The Bertz CT molecular complexity index is 1030. The minimum Gasteiger partial charge on any atom is -0.497 e. The Morgan fingerprint density at radius 2 is 1.85 bits per heavy atom. The first-order valence-electron chi connectivity index (χ1n) is 8.59. The maximum atomic E-state index is 12.8. The third kappa shape index (κ3) is 3.33. The van der Waals surface area contributed by atoms with E-state index in [2.05, 4.69) is 9.97 Å². The van der Waals surface area contributed by atoms with Crippen molar-refractivity contribution in [3.05, 3.63) is 58.7 Å². The third-order valence-electron chi connectivity index (χ3n) is 4.55. The highest BCUT2D eigenvalue weighted by molar-refractivity contribution is 5.93. The molecule has 0 aliphatic carbocycles. The Hall–Kier alpha value is -3.42.